The zero-order chi connectivity index (χ0) is 13.3. The molecule has 0 radical (unpaired) electrons. The highest BCUT2D eigenvalue weighted by Crippen LogP contribution is 2.18. The molecule has 2 nitrogen and oxygen atoms in total. The van der Waals surface area contributed by atoms with Gasteiger partial charge in [0.2, 0.25) is 0 Å². The van der Waals surface area contributed by atoms with Gasteiger partial charge in [0, 0.05) is 6.61 Å². The lowest BCUT2D eigenvalue weighted by Gasteiger charge is -2.08. The summed E-state index contributed by atoms with van der Waals surface area (Å²) in [5, 5.41) is 0. The van der Waals surface area contributed by atoms with Crippen LogP contribution in [0.4, 0.5) is 0 Å². The Balaban J connectivity index is 1.69. The summed E-state index contributed by atoms with van der Waals surface area (Å²) in [6.07, 6.45) is 1.99. The summed E-state index contributed by atoms with van der Waals surface area (Å²) in [7, 11) is 1.71. The summed E-state index contributed by atoms with van der Waals surface area (Å²) in [4.78, 5) is 0. The van der Waals surface area contributed by atoms with Crippen LogP contribution in [0.5, 0.6) is 5.75 Å². The van der Waals surface area contributed by atoms with Gasteiger partial charge in [0.05, 0.1) is 13.7 Å². The second-order valence-corrected chi connectivity index (χ2v) is 4.45. The summed E-state index contributed by atoms with van der Waals surface area (Å²) in [5.74, 6) is 0.963. The van der Waals surface area contributed by atoms with Crippen molar-refractivity contribution >= 4 is 0 Å². The van der Waals surface area contributed by atoms with Crippen molar-refractivity contribution in [2.24, 2.45) is 0 Å². The predicted octanol–water partition coefficient (Wildman–Crippen LogP) is 3.84. The Morgan fingerprint density at radius 3 is 2.42 bits per heavy atom. The van der Waals surface area contributed by atoms with Crippen LogP contribution in [0.1, 0.15) is 17.5 Å². The van der Waals surface area contributed by atoms with Crippen molar-refractivity contribution in [2.75, 3.05) is 13.7 Å². The third-order valence-corrected chi connectivity index (χ3v) is 3.04. The summed E-state index contributed by atoms with van der Waals surface area (Å²) in [5.41, 5.74) is 2.47. The van der Waals surface area contributed by atoms with E-state index in [1.165, 1.54) is 11.1 Å². The van der Waals surface area contributed by atoms with E-state index in [1.807, 2.05) is 36.4 Å². The van der Waals surface area contributed by atoms with Crippen molar-refractivity contribution < 1.29 is 9.47 Å². The Hall–Kier alpha value is -1.80. The van der Waals surface area contributed by atoms with Crippen molar-refractivity contribution in [1.29, 1.82) is 0 Å². The van der Waals surface area contributed by atoms with Crippen molar-refractivity contribution in [3.8, 4) is 5.75 Å². The predicted molar refractivity (Wildman–Crippen MR) is 77.4 cm³/mol. The molecule has 0 aliphatic heterocycles. The molecule has 0 aromatic heterocycles. The standard InChI is InChI=1S/C17H20O2/c1-18-17-12-6-5-10-16(17)11-7-13-19-14-15-8-3-2-4-9-15/h2-6,8-10,12H,7,11,13-14H2,1H3. The summed E-state index contributed by atoms with van der Waals surface area (Å²) < 4.78 is 11.0. The molecule has 0 spiro atoms. The van der Waals surface area contributed by atoms with Crippen molar-refractivity contribution in [3.05, 3.63) is 65.7 Å². The Bertz CT molecular complexity index is 480. The van der Waals surface area contributed by atoms with Gasteiger partial charge < -0.3 is 9.47 Å². The van der Waals surface area contributed by atoms with E-state index in [1.54, 1.807) is 7.11 Å². The van der Waals surface area contributed by atoms with E-state index in [0.29, 0.717) is 6.61 Å². The van der Waals surface area contributed by atoms with Crippen LogP contribution in [-0.2, 0) is 17.8 Å². The first-order chi connectivity index (χ1) is 9.40. The first-order valence-corrected chi connectivity index (χ1v) is 6.63. The Morgan fingerprint density at radius 2 is 1.63 bits per heavy atom. The highest BCUT2D eigenvalue weighted by Gasteiger charge is 2.01. The smallest absolute Gasteiger partial charge is 0.122 e. The number of methoxy groups -OCH3 is 1. The third kappa shape index (κ3) is 4.42. The lowest BCUT2D eigenvalue weighted by atomic mass is 10.1. The molecule has 100 valence electrons. The van der Waals surface area contributed by atoms with E-state index >= 15 is 0 Å². The number of para-hydroxylation sites is 1. The van der Waals surface area contributed by atoms with Crippen LogP contribution < -0.4 is 4.74 Å². The molecule has 2 aromatic rings. The number of rotatable bonds is 7. The maximum atomic E-state index is 5.67. The Kier molecular flexibility index (Phi) is 5.45. The topological polar surface area (TPSA) is 18.5 Å². The van der Waals surface area contributed by atoms with Gasteiger partial charge in [-0.2, -0.15) is 0 Å². The number of hydrogen-bond donors (Lipinski definition) is 0. The molecule has 0 unspecified atom stereocenters. The molecule has 0 fully saturated rings. The minimum Gasteiger partial charge on any atom is -0.496 e. The molecule has 0 aliphatic rings. The monoisotopic (exact) mass is 256 g/mol. The van der Waals surface area contributed by atoms with Crippen LogP contribution in [0.2, 0.25) is 0 Å². The normalized spacial score (nSPS) is 10.4. The largest absolute Gasteiger partial charge is 0.496 e. The van der Waals surface area contributed by atoms with Crippen LogP contribution in [0.15, 0.2) is 54.6 Å². The highest BCUT2D eigenvalue weighted by molar-refractivity contribution is 5.33. The van der Waals surface area contributed by atoms with Gasteiger partial charge >= 0.3 is 0 Å². The molecular formula is C17H20O2. The number of aryl methyl sites for hydroxylation is 1. The fraction of sp³-hybridized carbons (Fsp3) is 0.294. The van der Waals surface area contributed by atoms with Gasteiger partial charge in [0.25, 0.3) is 0 Å². The lowest BCUT2D eigenvalue weighted by Crippen LogP contribution is -1.98. The van der Waals surface area contributed by atoms with Crippen molar-refractivity contribution in [2.45, 2.75) is 19.4 Å². The average Bonchev–Trinajstić information content (AvgIpc) is 2.48. The molecule has 0 bridgehead atoms. The number of hydrogen-bond acceptors (Lipinski definition) is 2. The minimum absolute atomic E-state index is 0.687. The summed E-state index contributed by atoms with van der Waals surface area (Å²) in [6.45, 7) is 1.46. The molecule has 2 heteroatoms. The summed E-state index contributed by atoms with van der Waals surface area (Å²) >= 11 is 0. The molecule has 19 heavy (non-hydrogen) atoms. The van der Waals surface area contributed by atoms with Gasteiger partial charge in [-0.15, -0.1) is 0 Å². The van der Waals surface area contributed by atoms with E-state index in [9.17, 15) is 0 Å². The first kappa shape index (κ1) is 13.6. The lowest BCUT2D eigenvalue weighted by molar-refractivity contribution is 0.118. The number of ether oxygens (including phenoxy) is 2. The van der Waals surface area contributed by atoms with E-state index in [-0.39, 0.29) is 0 Å². The van der Waals surface area contributed by atoms with Gasteiger partial charge in [0.15, 0.2) is 0 Å². The molecule has 0 amide bonds. The van der Waals surface area contributed by atoms with E-state index in [4.69, 9.17) is 9.47 Å². The Morgan fingerprint density at radius 1 is 0.895 bits per heavy atom. The van der Waals surface area contributed by atoms with Crippen molar-refractivity contribution in [1.82, 2.24) is 0 Å². The first-order valence-electron chi connectivity index (χ1n) is 6.63. The molecule has 0 saturated heterocycles. The van der Waals surface area contributed by atoms with Gasteiger partial charge in [-0.25, -0.2) is 0 Å². The van der Waals surface area contributed by atoms with Gasteiger partial charge in [0.1, 0.15) is 5.75 Å². The van der Waals surface area contributed by atoms with Crippen molar-refractivity contribution in [3.63, 3.8) is 0 Å². The van der Waals surface area contributed by atoms with Crippen LogP contribution in [0.3, 0.4) is 0 Å². The molecule has 2 rings (SSSR count). The minimum atomic E-state index is 0.687. The molecule has 0 heterocycles. The maximum absolute atomic E-state index is 5.67. The molecule has 0 atom stereocenters. The highest BCUT2D eigenvalue weighted by atomic mass is 16.5. The van der Waals surface area contributed by atoms with E-state index < -0.39 is 0 Å². The fourth-order valence-electron chi connectivity index (χ4n) is 2.04. The van der Waals surface area contributed by atoms with Crippen LogP contribution in [0, 0.1) is 0 Å². The SMILES string of the molecule is COc1ccccc1CCCOCc1ccccc1. The second-order valence-electron chi connectivity index (χ2n) is 4.45. The quantitative estimate of drug-likeness (QED) is 0.701. The second kappa shape index (κ2) is 7.59. The van der Waals surface area contributed by atoms with Gasteiger partial charge in [-0.1, -0.05) is 48.5 Å². The van der Waals surface area contributed by atoms with E-state index in [0.717, 1.165) is 25.2 Å². The zero-order valence-electron chi connectivity index (χ0n) is 11.3. The maximum Gasteiger partial charge on any atom is 0.122 e. The average molecular weight is 256 g/mol. The van der Waals surface area contributed by atoms with Crippen LogP contribution in [0.25, 0.3) is 0 Å². The van der Waals surface area contributed by atoms with Gasteiger partial charge in [-0.05, 0) is 30.0 Å². The Labute approximate surface area is 115 Å². The zero-order valence-corrected chi connectivity index (χ0v) is 11.3. The molecular weight excluding hydrogens is 236 g/mol. The van der Waals surface area contributed by atoms with E-state index in [2.05, 4.69) is 18.2 Å². The number of benzene rings is 2. The molecule has 0 aliphatic carbocycles. The summed E-state index contributed by atoms with van der Waals surface area (Å²) in [6, 6.07) is 18.4. The molecule has 2 aromatic carbocycles. The van der Waals surface area contributed by atoms with Crippen LogP contribution >= 0.6 is 0 Å². The molecule has 0 saturated carbocycles. The van der Waals surface area contributed by atoms with Gasteiger partial charge in [-0.3, -0.25) is 0 Å². The fourth-order valence-corrected chi connectivity index (χ4v) is 2.04. The third-order valence-electron chi connectivity index (χ3n) is 3.04. The van der Waals surface area contributed by atoms with Crippen LogP contribution in [-0.4, -0.2) is 13.7 Å². The molecule has 0 N–H and O–H groups in total.